The van der Waals surface area contributed by atoms with Gasteiger partial charge in [-0.05, 0) is 35.8 Å². The van der Waals surface area contributed by atoms with Gasteiger partial charge in [0.1, 0.15) is 5.57 Å². The maximum atomic E-state index is 12.4. The summed E-state index contributed by atoms with van der Waals surface area (Å²) < 4.78 is 10.5. The summed E-state index contributed by atoms with van der Waals surface area (Å²) in [5, 5.41) is 0. The summed E-state index contributed by atoms with van der Waals surface area (Å²) in [6.07, 6.45) is 1.56. The van der Waals surface area contributed by atoms with E-state index in [9.17, 15) is 9.59 Å². The van der Waals surface area contributed by atoms with Crippen LogP contribution in [0.4, 0.5) is 0 Å². The molecule has 1 aromatic carbocycles. The topological polar surface area (TPSA) is 52.6 Å². The highest BCUT2D eigenvalue weighted by Gasteiger charge is 2.41. The lowest BCUT2D eigenvalue weighted by Crippen LogP contribution is -2.42. The molecule has 0 radical (unpaired) electrons. The molecule has 0 bridgehead atoms. The lowest BCUT2D eigenvalue weighted by molar-refractivity contribution is -0.222. The number of cyclic esters (lactones) is 2. The van der Waals surface area contributed by atoms with E-state index < -0.39 is 17.7 Å². The minimum absolute atomic E-state index is 0.0547. The predicted octanol–water partition coefficient (Wildman–Crippen LogP) is 4.36. The first-order valence-corrected chi connectivity index (χ1v) is 8.49. The van der Waals surface area contributed by atoms with Crippen LogP contribution in [0.2, 0.25) is 0 Å². The quantitative estimate of drug-likeness (QED) is 0.457. The number of hydrogen-bond donors (Lipinski definition) is 0. The molecule has 4 heteroatoms. The van der Waals surface area contributed by atoms with Crippen LogP contribution in [0.1, 0.15) is 58.9 Å². The van der Waals surface area contributed by atoms with Gasteiger partial charge in [-0.1, -0.05) is 51.1 Å². The molecule has 0 amide bonds. The average Bonchev–Trinajstić information content (AvgIpc) is 2.49. The molecule has 0 saturated carbocycles. The molecule has 4 nitrogen and oxygen atoms in total. The highest BCUT2D eigenvalue weighted by atomic mass is 16.7. The van der Waals surface area contributed by atoms with Crippen molar-refractivity contribution in [2.75, 3.05) is 0 Å². The van der Waals surface area contributed by atoms with E-state index in [1.165, 1.54) is 5.56 Å². The molecule has 0 N–H and O–H groups in total. The molecule has 130 valence electrons. The van der Waals surface area contributed by atoms with Crippen LogP contribution >= 0.6 is 0 Å². The summed E-state index contributed by atoms with van der Waals surface area (Å²) in [7, 11) is 0. The summed E-state index contributed by atoms with van der Waals surface area (Å²) in [4.78, 5) is 24.8. The smallest absolute Gasteiger partial charge is 0.348 e. The number of carbonyl (C=O) groups is 2. The van der Waals surface area contributed by atoms with Crippen molar-refractivity contribution >= 4 is 11.9 Å². The van der Waals surface area contributed by atoms with Crippen molar-refractivity contribution in [3.63, 3.8) is 0 Å². The number of carbonyl (C=O) groups excluding carboxylic acids is 2. The van der Waals surface area contributed by atoms with Gasteiger partial charge < -0.3 is 9.47 Å². The SMILES string of the molecule is CC[C@H](CC(=C1C(=O)OC(C)(C)OC1=O)C(C)C)c1ccccc1. The molecule has 0 spiro atoms. The van der Waals surface area contributed by atoms with Gasteiger partial charge >= 0.3 is 11.9 Å². The average molecular weight is 330 g/mol. The summed E-state index contributed by atoms with van der Waals surface area (Å²) in [6.45, 7) is 9.21. The summed E-state index contributed by atoms with van der Waals surface area (Å²) in [5.41, 5.74) is 2.08. The number of allylic oxidation sites excluding steroid dienone is 1. The first kappa shape index (κ1) is 18.2. The molecule has 1 atom stereocenters. The van der Waals surface area contributed by atoms with Crippen molar-refractivity contribution in [2.24, 2.45) is 5.92 Å². The molecule has 1 aromatic rings. The third-order valence-electron chi connectivity index (χ3n) is 4.33. The van der Waals surface area contributed by atoms with Crippen molar-refractivity contribution in [3.8, 4) is 0 Å². The Morgan fingerprint density at radius 2 is 1.58 bits per heavy atom. The summed E-state index contributed by atoms with van der Waals surface area (Å²) in [6, 6.07) is 10.2. The number of benzene rings is 1. The second kappa shape index (κ2) is 7.20. The fourth-order valence-corrected chi connectivity index (χ4v) is 3.03. The second-order valence-electron chi connectivity index (χ2n) is 6.95. The maximum absolute atomic E-state index is 12.4. The Balaban J connectivity index is 2.38. The molecule has 1 aliphatic heterocycles. The Morgan fingerprint density at radius 1 is 1.04 bits per heavy atom. The van der Waals surface area contributed by atoms with E-state index in [0.717, 1.165) is 12.0 Å². The van der Waals surface area contributed by atoms with E-state index in [4.69, 9.17) is 9.47 Å². The van der Waals surface area contributed by atoms with E-state index >= 15 is 0 Å². The highest BCUT2D eigenvalue weighted by Crippen LogP contribution is 2.34. The van der Waals surface area contributed by atoms with Crippen molar-refractivity contribution in [1.82, 2.24) is 0 Å². The zero-order valence-corrected chi connectivity index (χ0v) is 15.1. The van der Waals surface area contributed by atoms with Crippen LogP contribution in [-0.4, -0.2) is 17.7 Å². The standard InChI is InChI=1S/C20H26O4/c1-6-14(15-10-8-7-9-11-15)12-16(13(2)3)17-18(21)23-20(4,5)24-19(17)22/h7-11,13-14H,6,12H2,1-5H3/t14-/m1/s1. The summed E-state index contributed by atoms with van der Waals surface area (Å²) >= 11 is 0. The lowest BCUT2D eigenvalue weighted by Gasteiger charge is -2.32. The number of esters is 2. The lowest BCUT2D eigenvalue weighted by atomic mass is 9.83. The van der Waals surface area contributed by atoms with E-state index in [-0.39, 0.29) is 17.4 Å². The van der Waals surface area contributed by atoms with Gasteiger partial charge in [0.25, 0.3) is 5.79 Å². The van der Waals surface area contributed by atoms with E-state index in [1.807, 2.05) is 32.0 Å². The molecule has 1 aliphatic rings. The van der Waals surface area contributed by atoms with Crippen LogP contribution in [0.5, 0.6) is 0 Å². The molecule has 0 aliphatic carbocycles. The van der Waals surface area contributed by atoms with E-state index in [2.05, 4.69) is 19.1 Å². The van der Waals surface area contributed by atoms with E-state index in [1.54, 1.807) is 13.8 Å². The number of rotatable bonds is 5. The predicted molar refractivity (Wildman–Crippen MR) is 92.2 cm³/mol. The highest BCUT2D eigenvalue weighted by molar-refractivity contribution is 6.16. The van der Waals surface area contributed by atoms with Crippen molar-refractivity contribution < 1.29 is 19.1 Å². The van der Waals surface area contributed by atoms with Gasteiger partial charge in [0, 0.05) is 13.8 Å². The Hall–Kier alpha value is -2.10. The van der Waals surface area contributed by atoms with Gasteiger partial charge in [-0.2, -0.15) is 0 Å². The number of hydrogen-bond acceptors (Lipinski definition) is 4. The van der Waals surface area contributed by atoms with Gasteiger partial charge in [-0.3, -0.25) is 0 Å². The zero-order chi connectivity index (χ0) is 17.9. The van der Waals surface area contributed by atoms with Gasteiger partial charge in [-0.15, -0.1) is 0 Å². The van der Waals surface area contributed by atoms with Crippen LogP contribution in [0.15, 0.2) is 41.5 Å². The molecular weight excluding hydrogens is 304 g/mol. The monoisotopic (exact) mass is 330 g/mol. The van der Waals surface area contributed by atoms with Gasteiger partial charge in [-0.25, -0.2) is 9.59 Å². The maximum Gasteiger partial charge on any atom is 0.348 e. The Kier molecular flexibility index (Phi) is 5.47. The molecular formula is C20H26O4. The molecule has 0 aromatic heterocycles. The molecule has 1 heterocycles. The van der Waals surface area contributed by atoms with Gasteiger partial charge in [0.05, 0.1) is 0 Å². The van der Waals surface area contributed by atoms with Gasteiger partial charge in [0.15, 0.2) is 0 Å². The first-order chi connectivity index (χ1) is 11.2. The zero-order valence-electron chi connectivity index (χ0n) is 15.1. The molecule has 1 fully saturated rings. The van der Waals surface area contributed by atoms with Crippen LogP contribution in [0.3, 0.4) is 0 Å². The Morgan fingerprint density at radius 3 is 2.04 bits per heavy atom. The normalized spacial score (nSPS) is 18.2. The van der Waals surface area contributed by atoms with E-state index in [0.29, 0.717) is 6.42 Å². The molecule has 24 heavy (non-hydrogen) atoms. The Labute approximate surface area is 143 Å². The number of ether oxygens (including phenoxy) is 2. The minimum atomic E-state index is -1.21. The van der Waals surface area contributed by atoms with Crippen molar-refractivity contribution in [1.29, 1.82) is 0 Å². The molecule has 0 unspecified atom stereocenters. The largest absolute Gasteiger partial charge is 0.419 e. The fraction of sp³-hybridized carbons (Fsp3) is 0.500. The molecule has 2 rings (SSSR count). The first-order valence-electron chi connectivity index (χ1n) is 8.49. The van der Waals surface area contributed by atoms with Gasteiger partial charge in [0.2, 0.25) is 0 Å². The third kappa shape index (κ3) is 4.05. The third-order valence-corrected chi connectivity index (χ3v) is 4.33. The van der Waals surface area contributed by atoms with Crippen LogP contribution < -0.4 is 0 Å². The van der Waals surface area contributed by atoms with Crippen LogP contribution in [-0.2, 0) is 19.1 Å². The molecule has 1 saturated heterocycles. The second-order valence-corrected chi connectivity index (χ2v) is 6.95. The van der Waals surface area contributed by atoms with Crippen molar-refractivity contribution in [2.45, 2.75) is 59.2 Å². The minimum Gasteiger partial charge on any atom is -0.419 e. The van der Waals surface area contributed by atoms with Crippen LogP contribution in [0.25, 0.3) is 0 Å². The fourth-order valence-electron chi connectivity index (χ4n) is 3.03. The van der Waals surface area contributed by atoms with Crippen molar-refractivity contribution in [3.05, 3.63) is 47.0 Å². The Bertz CT molecular complexity index is 619. The van der Waals surface area contributed by atoms with Crippen LogP contribution in [0, 0.1) is 5.92 Å². The summed E-state index contributed by atoms with van der Waals surface area (Å²) in [5.74, 6) is -2.07.